The van der Waals surface area contributed by atoms with Crippen molar-refractivity contribution < 1.29 is 5.11 Å². The van der Waals surface area contributed by atoms with Crippen LogP contribution in [0.1, 0.15) is 47.0 Å². The maximum Gasteiger partial charge on any atom is 0.0896 e. The van der Waals surface area contributed by atoms with Crippen molar-refractivity contribution in [3.63, 3.8) is 0 Å². The lowest BCUT2D eigenvalue weighted by Crippen LogP contribution is -2.27. The van der Waals surface area contributed by atoms with Crippen LogP contribution < -0.4 is 0 Å². The quantitative estimate of drug-likeness (QED) is 0.566. The van der Waals surface area contributed by atoms with Gasteiger partial charge in [-0.3, -0.25) is 0 Å². The Bertz CT molecular complexity index is 389. The molecule has 1 N–H and O–H groups in total. The number of aliphatic hydroxyl groups excluding tert-OH is 1. The summed E-state index contributed by atoms with van der Waals surface area (Å²) in [5.41, 5.74) is -0.125. The third-order valence-corrected chi connectivity index (χ3v) is 4.11. The van der Waals surface area contributed by atoms with E-state index in [9.17, 15) is 5.11 Å². The number of rotatable bonds is 6. The molecular formula is C17H26OS. The number of hydrogen-bond acceptors (Lipinski definition) is 2. The van der Waals surface area contributed by atoms with E-state index in [0.717, 1.165) is 11.3 Å². The van der Waals surface area contributed by atoms with E-state index in [1.807, 2.05) is 18.2 Å². The Balaban J connectivity index is 2.84. The van der Waals surface area contributed by atoms with Crippen molar-refractivity contribution in [3.05, 3.63) is 41.3 Å². The van der Waals surface area contributed by atoms with Crippen molar-refractivity contribution in [2.75, 3.05) is 0 Å². The van der Waals surface area contributed by atoms with Crippen LogP contribution in [-0.4, -0.2) is 11.2 Å². The summed E-state index contributed by atoms with van der Waals surface area (Å²) in [5.74, 6) is 0. The van der Waals surface area contributed by atoms with E-state index in [1.54, 1.807) is 11.8 Å². The van der Waals surface area contributed by atoms with Crippen LogP contribution in [0.5, 0.6) is 0 Å². The number of allylic oxidation sites excluding steroid dienone is 1. The molecule has 1 nitrogen and oxygen atoms in total. The van der Waals surface area contributed by atoms with Crippen molar-refractivity contribution in [1.29, 1.82) is 0 Å². The molecule has 0 saturated carbocycles. The highest BCUT2D eigenvalue weighted by Crippen LogP contribution is 2.36. The van der Waals surface area contributed by atoms with Gasteiger partial charge in [-0.2, -0.15) is 0 Å². The van der Waals surface area contributed by atoms with Crippen LogP contribution in [0.25, 0.3) is 0 Å². The van der Waals surface area contributed by atoms with Crippen molar-refractivity contribution in [1.82, 2.24) is 0 Å². The molecule has 1 aromatic carbocycles. The summed E-state index contributed by atoms with van der Waals surface area (Å²) in [5, 5.41) is 10.5. The zero-order valence-electron chi connectivity index (χ0n) is 12.5. The van der Waals surface area contributed by atoms with Crippen LogP contribution in [0, 0.1) is 5.41 Å². The molecule has 0 heterocycles. The molecule has 1 rings (SSSR count). The Kier molecular flexibility index (Phi) is 6.67. The predicted molar refractivity (Wildman–Crippen MR) is 85.4 cm³/mol. The van der Waals surface area contributed by atoms with Gasteiger partial charge in [-0.15, -0.1) is 0 Å². The van der Waals surface area contributed by atoms with Crippen molar-refractivity contribution in [2.24, 2.45) is 5.41 Å². The van der Waals surface area contributed by atoms with E-state index < -0.39 is 6.10 Å². The average molecular weight is 278 g/mol. The molecule has 0 saturated heterocycles. The topological polar surface area (TPSA) is 20.2 Å². The smallest absolute Gasteiger partial charge is 0.0896 e. The highest BCUT2D eigenvalue weighted by atomic mass is 32.2. The first kappa shape index (κ1) is 16.3. The molecule has 0 bridgehead atoms. The maximum atomic E-state index is 10.5. The molecule has 0 amide bonds. The summed E-state index contributed by atoms with van der Waals surface area (Å²) in [4.78, 5) is 2.26. The van der Waals surface area contributed by atoms with Gasteiger partial charge in [-0.1, -0.05) is 76.6 Å². The second-order valence-corrected chi connectivity index (χ2v) is 7.08. The average Bonchev–Trinajstić information content (AvgIpc) is 2.37. The molecule has 0 aromatic heterocycles. The first-order valence-electron chi connectivity index (χ1n) is 7.06. The van der Waals surface area contributed by atoms with E-state index in [0.29, 0.717) is 0 Å². The summed E-state index contributed by atoms with van der Waals surface area (Å²) >= 11 is 1.69. The molecule has 0 aliphatic rings. The van der Waals surface area contributed by atoms with E-state index in [-0.39, 0.29) is 5.41 Å². The Labute approximate surface area is 122 Å². The van der Waals surface area contributed by atoms with Gasteiger partial charge in [0, 0.05) is 9.80 Å². The first-order chi connectivity index (χ1) is 8.95. The van der Waals surface area contributed by atoms with Gasteiger partial charge in [-0.25, -0.2) is 0 Å². The Morgan fingerprint density at radius 3 is 2.42 bits per heavy atom. The first-order valence-corrected chi connectivity index (χ1v) is 7.88. The van der Waals surface area contributed by atoms with Crippen LogP contribution in [0.4, 0.5) is 0 Å². The minimum Gasteiger partial charge on any atom is -0.387 e. The molecule has 0 fully saturated rings. The largest absolute Gasteiger partial charge is 0.387 e. The van der Waals surface area contributed by atoms with Crippen molar-refractivity contribution >= 4 is 11.8 Å². The number of benzene rings is 1. The van der Waals surface area contributed by atoms with E-state index in [4.69, 9.17) is 0 Å². The van der Waals surface area contributed by atoms with Crippen LogP contribution in [-0.2, 0) is 0 Å². The summed E-state index contributed by atoms with van der Waals surface area (Å²) in [6, 6.07) is 10.3. The van der Waals surface area contributed by atoms with Crippen molar-refractivity contribution in [3.8, 4) is 0 Å². The van der Waals surface area contributed by atoms with Gasteiger partial charge in [0.15, 0.2) is 0 Å². The number of thioether (sulfide) groups is 1. The van der Waals surface area contributed by atoms with E-state index >= 15 is 0 Å². The van der Waals surface area contributed by atoms with Gasteiger partial charge < -0.3 is 5.11 Å². The SMILES string of the molecule is CCCC/C=C(\Sc1ccccc1)[C@@H](O)C(C)(C)C. The van der Waals surface area contributed by atoms with E-state index in [2.05, 4.69) is 45.9 Å². The summed E-state index contributed by atoms with van der Waals surface area (Å²) < 4.78 is 0. The lowest BCUT2D eigenvalue weighted by atomic mass is 9.88. The molecule has 0 spiro atoms. The zero-order valence-corrected chi connectivity index (χ0v) is 13.3. The number of hydrogen-bond donors (Lipinski definition) is 1. The Hall–Kier alpha value is -0.730. The van der Waals surface area contributed by atoms with Gasteiger partial charge in [0.2, 0.25) is 0 Å². The number of aliphatic hydroxyl groups is 1. The molecule has 0 aliphatic heterocycles. The Morgan fingerprint density at radius 2 is 1.89 bits per heavy atom. The Morgan fingerprint density at radius 1 is 1.26 bits per heavy atom. The second kappa shape index (κ2) is 7.76. The third kappa shape index (κ3) is 5.84. The van der Waals surface area contributed by atoms with Crippen LogP contribution >= 0.6 is 11.8 Å². The highest BCUT2D eigenvalue weighted by Gasteiger charge is 2.26. The normalized spacial score (nSPS) is 14.5. The molecule has 0 aliphatic carbocycles. The molecule has 1 atom stereocenters. The number of unbranched alkanes of at least 4 members (excludes halogenated alkanes) is 2. The van der Waals surface area contributed by atoms with Gasteiger partial charge in [0.25, 0.3) is 0 Å². The summed E-state index contributed by atoms with van der Waals surface area (Å²) in [6.45, 7) is 8.43. The molecule has 106 valence electrons. The zero-order chi connectivity index (χ0) is 14.3. The molecule has 19 heavy (non-hydrogen) atoms. The van der Waals surface area contributed by atoms with Crippen LogP contribution in [0.3, 0.4) is 0 Å². The molecule has 2 heteroatoms. The minimum atomic E-state index is -0.408. The van der Waals surface area contributed by atoms with Gasteiger partial charge >= 0.3 is 0 Å². The van der Waals surface area contributed by atoms with Gasteiger partial charge in [-0.05, 0) is 24.0 Å². The lowest BCUT2D eigenvalue weighted by molar-refractivity contribution is 0.102. The van der Waals surface area contributed by atoms with Crippen LogP contribution in [0.15, 0.2) is 46.2 Å². The molecule has 0 unspecified atom stereocenters. The summed E-state index contributed by atoms with van der Waals surface area (Å²) in [7, 11) is 0. The molecular weight excluding hydrogens is 252 g/mol. The highest BCUT2D eigenvalue weighted by molar-refractivity contribution is 8.03. The third-order valence-electron chi connectivity index (χ3n) is 2.97. The molecule has 0 radical (unpaired) electrons. The minimum absolute atomic E-state index is 0.125. The van der Waals surface area contributed by atoms with E-state index in [1.165, 1.54) is 17.7 Å². The fourth-order valence-corrected chi connectivity index (χ4v) is 2.94. The van der Waals surface area contributed by atoms with Gasteiger partial charge in [0.05, 0.1) is 6.10 Å². The lowest BCUT2D eigenvalue weighted by Gasteiger charge is -2.28. The fourth-order valence-electron chi connectivity index (χ4n) is 1.71. The maximum absolute atomic E-state index is 10.5. The summed E-state index contributed by atoms with van der Waals surface area (Å²) in [6.07, 6.45) is 5.20. The predicted octanol–water partition coefficient (Wildman–Crippen LogP) is 5.26. The standard InChI is InChI=1S/C17H26OS/c1-5-6-8-13-15(16(18)17(2,3)4)19-14-11-9-7-10-12-14/h7,9-13,16,18H,5-6,8H2,1-4H3/b15-13-/t16-/m1/s1. The van der Waals surface area contributed by atoms with Crippen molar-refractivity contribution in [2.45, 2.75) is 58.0 Å². The van der Waals surface area contributed by atoms with Crippen LogP contribution in [0.2, 0.25) is 0 Å². The second-order valence-electron chi connectivity index (χ2n) is 5.93. The monoisotopic (exact) mass is 278 g/mol. The van der Waals surface area contributed by atoms with Gasteiger partial charge in [0.1, 0.15) is 0 Å². The fraction of sp³-hybridized carbons (Fsp3) is 0.529. The molecule has 1 aromatic rings.